The average Bonchev–Trinajstić information content (AvgIpc) is 1.65. The average molecular weight is 113 g/mol. The Bertz CT molecular complexity index is 116. The van der Waals surface area contributed by atoms with E-state index in [4.69, 9.17) is 5.73 Å². The highest BCUT2D eigenvalue weighted by Gasteiger charge is 1.91. The first-order chi connectivity index (χ1) is 3.66. The molecule has 8 heavy (non-hydrogen) atoms. The Labute approximate surface area is 49.4 Å². The summed E-state index contributed by atoms with van der Waals surface area (Å²) in [6, 6.07) is 0. The van der Waals surface area contributed by atoms with Crippen molar-refractivity contribution in [3.8, 4) is 0 Å². The number of carbonyl (C=O) groups excluding carboxylic acids is 1. The summed E-state index contributed by atoms with van der Waals surface area (Å²) in [4.78, 5) is 10.2. The minimum atomic E-state index is -0.263. The molecule has 0 saturated carbocycles. The molecule has 2 nitrogen and oxygen atoms in total. The molecule has 0 aromatic rings. The topological polar surface area (TPSA) is 43.1 Å². The lowest BCUT2D eigenvalue weighted by molar-refractivity contribution is -0.117. The molecule has 2 heteroatoms. The zero-order chi connectivity index (χ0) is 6.57. The Balaban J connectivity index is 3.56. The van der Waals surface area contributed by atoms with Crippen LogP contribution in [-0.4, -0.2) is 5.91 Å². The molecular weight excluding hydrogens is 102 g/mol. The highest BCUT2D eigenvalue weighted by Crippen LogP contribution is 1.95. The molecule has 0 heterocycles. The number of hydrogen-bond donors (Lipinski definition) is 1. The van der Waals surface area contributed by atoms with Crippen LogP contribution in [0.3, 0.4) is 0 Å². The number of nitrogens with two attached hydrogens (primary N) is 1. The quantitative estimate of drug-likeness (QED) is 0.529. The molecule has 0 radical (unpaired) electrons. The predicted octanol–water partition coefficient (Wildman–Crippen LogP) is 0.828. The maximum Gasteiger partial charge on any atom is 0.221 e. The van der Waals surface area contributed by atoms with Crippen molar-refractivity contribution >= 4 is 5.91 Å². The lowest BCUT2D eigenvalue weighted by Gasteiger charge is -1.90. The number of hydrogen-bond acceptors (Lipinski definition) is 1. The lowest BCUT2D eigenvalue weighted by Crippen LogP contribution is -2.09. The Hall–Kier alpha value is -0.790. The number of carbonyl (C=O) groups is 1. The molecule has 0 aliphatic carbocycles. The molecule has 2 N–H and O–H groups in total. The maximum atomic E-state index is 10.2. The van der Waals surface area contributed by atoms with Crippen LogP contribution in [0.15, 0.2) is 11.6 Å². The fourth-order valence-electron chi connectivity index (χ4n) is 0.377. The summed E-state index contributed by atoms with van der Waals surface area (Å²) < 4.78 is 0. The molecule has 0 atom stereocenters. The van der Waals surface area contributed by atoms with Crippen molar-refractivity contribution in [2.45, 2.75) is 20.3 Å². The van der Waals surface area contributed by atoms with E-state index in [0.717, 1.165) is 5.57 Å². The maximum absolute atomic E-state index is 10.2. The fourth-order valence-corrected chi connectivity index (χ4v) is 0.377. The van der Waals surface area contributed by atoms with E-state index in [-0.39, 0.29) is 5.91 Å². The minimum Gasteiger partial charge on any atom is -0.369 e. The molecule has 0 fully saturated rings. The van der Waals surface area contributed by atoms with E-state index in [1.165, 1.54) is 0 Å². The summed E-state index contributed by atoms with van der Waals surface area (Å²) in [5, 5.41) is 0. The van der Waals surface area contributed by atoms with Crippen LogP contribution in [0, 0.1) is 0 Å². The highest BCUT2D eigenvalue weighted by molar-refractivity contribution is 5.76. The molecule has 0 aromatic carbocycles. The molecule has 0 rings (SSSR count). The second-order valence-corrected chi connectivity index (χ2v) is 1.78. The Morgan fingerprint density at radius 2 is 2.25 bits per heavy atom. The third-order valence-corrected chi connectivity index (χ3v) is 0.946. The third kappa shape index (κ3) is 3.40. The van der Waals surface area contributed by atoms with Crippen LogP contribution >= 0.6 is 0 Å². The largest absolute Gasteiger partial charge is 0.369 e. The molecule has 0 aliphatic heterocycles. The van der Waals surface area contributed by atoms with Gasteiger partial charge in [-0.05, 0) is 13.8 Å². The van der Waals surface area contributed by atoms with Crippen LogP contribution in [0.5, 0.6) is 0 Å². The summed E-state index contributed by atoms with van der Waals surface area (Å²) in [6.45, 7) is 3.77. The van der Waals surface area contributed by atoms with Crippen LogP contribution in [-0.2, 0) is 4.79 Å². The minimum absolute atomic E-state index is 0.263. The smallest absolute Gasteiger partial charge is 0.221 e. The Morgan fingerprint density at radius 3 is 2.38 bits per heavy atom. The zero-order valence-corrected chi connectivity index (χ0v) is 5.27. The summed E-state index contributed by atoms with van der Waals surface area (Å²) in [6.07, 6.45) is 2.27. The molecule has 0 aromatic heterocycles. The highest BCUT2D eigenvalue weighted by atomic mass is 16.1. The van der Waals surface area contributed by atoms with Gasteiger partial charge < -0.3 is 5.73 Å². The second kappa shape index (κ2) is 3.24. The van der Waals surface area contributed by atoms with Crippen molar-refractivity contribution in [1.82, 2.24) is 0 Å². The van der Waals surface area contributed by atoms with Crippen LogP contribution in [0.1, 0.15) is 20.3 Å². The van der Waals surface area contributed by atoms with Gasteiger partial charge in [-0.15, -0.1) is 0 Å². The monoisotopic (exact) mass is 113 g/mol. The normalized spacial score (nSPS) is 11.5. The van der Waals surface area contributed by atoms with Gasteiger partial charge >= 0.3 is 0 Å². The van der Waals surface area contributed by atoms with Crippen molar-refractivity contribution < 1.29 is 4.79 Å². The SMILES string of the molecule is C/C=C(\C)CC(N)=O. The van der Waals surface area contributed by atoms with Gasteiger partial charge in [-0.1, -0.05) is 11.6 Å². The second-order valence-electron chi connectivity index (χ2n) is 1.78. The summed E-state index contributed by atoms with van der Waals surface area (Å²) in [5.74, 6) is -0.263. The standard InChI is InChI=1S/C6H11NO/c1-3-5(2)4-6(7)8/h3H,4H2,1-2H3,(H2,7,8)/b5-3+. The summed E-state index contributed by atoms with van der Waals surface area (Å²) in [7, 11) is 0. The van der Waals surface area contributed by atoms with Gasteiger partial charge in [-0.3, -0.25) is 4.79 Å². The Morgan fingerprint density at radius 1 is 1.75 bits per heavy atom. The fraction of sp³-hybridized carbons (Fsp3) is 0.500. The van der Waals surface area contributed by atoms with Gasteiger partial charge in [-0.2, -0.15) is 0 Å². The number of rotatable bonds is 2. The van der Waals surface area contributed by atoms with Gasteiger partial charge in [0.1, 0.15) is 0 Å². The first kappa shape index (κ1) is 7.21. The van der Waals surface area contributed by atoms with Crippen molar-refractivity contribution in [1.29, 1.82) is 0 Å². The van der Waals surface area contributed by atoms with E-state index in [1.807, 2.05) is 19.9 Å². The predicted molar refractivity (Wildman–Crippen MR) is 33.2 cm³/mol. The van der Waals surface area contributed by atoms with Crippen LogP contribution in [0.2, 0.25) is 0 Å². The molecule has 0 spiro atoms. The number of amides is 1. The summed E-state index contributed by atoms with van der Waals surface area (Å²) in [5.41, 5.74) is 5.91. The molecular formula is C6H11NO. The van der Waals surface area contributed by atoms with Crippen LogP contribution in [0.4, 0.5) is 0 Å². The molecule has 0 aliphatic rings. The van der Waals surface area contributed by atoms with Gasteiger partial charge in [0.2, 0.25) is 5.91 Å². The van der Waals surface area contributed by atoms with Gasteiger partial charge in [0.05, 0.1) is 0 Å². The zero-order valence-electron chi connectivity index (χ0n) is 5.27. The van der Waals surface area contributed by atoms with Gasteiger partial charge in [0, 0.05) is 6.42 Å². The van der Waals surface area contributed by atoms with Crippen molar-refractivity contribution in [2.24, 2.45) is 5.73 Å². The molecule has 1 amide bonds. The first-order valence-electron chi connectivity index (χ1n) is 2.57. The lowest BCUT2D eigenvalue weighted by atomic mass is 10.2. The van der Waals surface area contributed by atoms with E-state index < -0.39 is 0 Å². The summed E-state index contributed by atoms with van der Waals surface area (Å²) >= 11 is 0. The first-order valence-corrected chi connectivity index (χ1v) is 2.57. The van der Waals surface area contributed by atoms with Gasteiger partial charge in [-0.25, -0.2) is 0 Å². The third-order valence-electron chi connectivity index (χ3n) is 0.946. The van der Waals surface area contributed by atoms with Crippen LogP contribution < -0.4 is 5.73 Å². The van der Waals surface area contributed by atoms with E-state index in [1.54, 1.807) is 0 Å². The van der Waals surface area contributed by atoms with Crippen LogP contribution in [0.25, 0.3) is 0 Å². The molecule has 0 unspecified atom stereocenters. The van der Waals surface area contributed by atoms with Gasteiger partial charge in [0.15, 0.2) is 0 Å². The van der Waals surface area contributed by atoms with E-state index >= 15 is 0 Å². The van der Waals surface area contributed by atoms with E-state index in [9.17, 15) is 4.79 Å². The molecule has 46 valence electrons. The van der Waals surface area contributed by atoms with E-state index in [0.29, 0.717) is 6.42 Å². The van der Waals surface area contributed by atoms with Crippen molar-refractivity contribution in [3.63, 3.8) is 0 Å². The molecule has 0 saturated heterocycles. The Kier molecular flexibility index (Phi) is 2.92. The van der Waals surface area contributed by atoms with Crippen molar-refractivity contribution in [3.05, 3.63) is 11.6 Å². The molecule has 0 bridgehead atoms. The van der Waals surface area contributed by atoms with Gasteiger partial charge in [0.25, 0.3) is 0 Å². The van der Waals surface area contributed by atoms with Crippen molar-refractivity contribution in [2.75, 3.05) is 0 Å². The number of primary amides is 1. The van der Waals surface area contributed by atoms with E-state index in [2.05, 4.69) is 0 Å². The number of allylic oxidation sites excluding steroid dienone is 1.